The van der Waals surface area contributed by atoms with Crippen LogP contribution in [0, 0.1) is 13.8 Å². The molecule has 0 unspecified atom stereocenters. The molecule has 0 radical (unpaired) electrons. The normalized spacial score (nSPS) is 10.8. The Labute approximate surface area is 125 Å². The maximum Gasteiger partial charge on any atom is 0.0725 e. The Kier molecular flexibility index (Phi) is 3.82. The van der Waals surface area contributed by atoms with E-state index < -0.39 is 0 Å². The Balaban J connectivity index is 1.74. The van der Waals surface area contributed by atoms with Gasteiger partial charge in [0.2, 0.25) is 0 Å². The third kappa shape index (κ3) is 3.19. The van der Waals surface area contributed by atoms with Crippen molar-refractivity contribution >= 4 is 16.6 Å². The van der Waals surface area contributed by atoms with E-state index in [1.54, 1.807) is 0 Å². The predicted octanol–water partition coefficient (Wildman–Crippen LogP) is 3.90. The van der Waals surface area contributed by atoms with Crippen LogP contribution in [-0.2, 0) is 6.42 Å². The molecule has 106 valence electrons. The van der Waals surface area contributed by atoms with Gasteiger partial charge in [-0.25, -0.2) is 0 Å². The van der Waals surface area contributed by atoms with Crippen molar-refractivity contribution in [2.45, 2.75) is 20.3 Å². The molecule has 3 nitrogen and oxygen atoms in total. The lowest BCUT2D eigenvalue weighted by Gasteiger charge is -2.10. The largest absolute Gasteiger partial charge is 0.384 e. The highest BCUT2D eigenvalue weighted by Gasteiger charge is 2.03. The Morgan fingerprint density at radius 2 is 1.86 bits per heavy atom. The molecule has 0 saturated carbocycles. The summed E-state index contributed by atoms with van der Waals surface area (Å²) in [7, 11) is 0. The predicted molar refractivity (Wildman–Crippen MR) is 87.6 cm³/mol. The number of rotatable bonds is 4. The first-order valence-electron chi connectivity index (χ1n) is 7.24. The van der Waals surface area contributed by atoms with E-state index in [2.05, 4.69) is 51.7 Å². The molecular weight excluding hydrogens is 258 g/mol. The smallest absolute Gasteiger partial charge is 0.0725 e. The zero-order valence-corrected chi connectivity index (χ0v) is 12.4. The number of nitrogens with zero attached hydrogens (tertiary/aromatic N) is 2. The van der Waals surface area contributed by atoms with Crippen molar-refractivity contribution < 1.29 is 0 Å². The minimum absolute atomic E-state index is 0.887. The molecule has 3 rings (SSSR count). The summed E-state index contributed by atoms with van der Waals surface area (Å²) in [6.07, 6.45) is 2.91. The van der Waals surface area contributed by atoms with E-state index in [1.165, 1.54) is 10.9 Å². The summed E-state index contributed by atoms with van der Waals surface area (Å²) >= 11 is 0. The number of fused-ring (bicyclic) bond motifs is 1. The van der Waals surface area contributed by atoms with Gasteiger partial charge >= 0.3 is 0 Å². The van der Waals surface area contributed by atoms with Crippen LogP contribution in [0.25, 0.3) is 10.9 Å². The average molecular weight is 277 g/mol. The highest BCUT2D eigenvalue weighted by Crippen LogP contribution is 2.22. The highest BCUT2D eigenvalue weighted by atomic mass is 14.9. The SMILES string of the molecule is Cc1ccc(CCNc2cc(C)nc3ccccc23)cn1. The number of pyridine rings is 2. The Morgan fingerprint density at radius 3 is 2.67 bits per heavy atom. The van der Waals surface area contributed by atoms with Crippen molar-refractivity contribution in [1.82, 2.24) is 9.97 Å². The number of hydrogen-bond donors (Lipinski definition) is 1. The summed E-state index contributed by atoms with van der Waals surface area (Å²) in [5.41, 5.74) is 5.54. The van der Waals surface area contributed by atoms with E-state index >= 15 is 0 Å². The molecular formula is C18H19N3. The maximum atomic E-state index is 4.56. The number of nitrogens with one attached hydrogen (secondary N) is 1. The van der Waals surface area contributed by atoms with Crippen LogP contribution < -0.4 is 5.32 Å². The molecule has 3 aromatic rings. The number of aryl methyl sites for hydroxylation is 2. The van der Waals surface area contributed by atoms with E-state index in [9.17, 15) is 0 Å². The first-order valence-corrected chi connectivity index (χ1v) is 7.24. The molecule has 21 heavy (non-hydrogen) atoms. The Morgan fingerprint density at radius 1 is 1.00 bits per heavy atom. The summed E-state index contributed by atoms with van der Waals surface area (Å²) in [5, 5.41) is 4.70. The van der Waals surface area contributed by atoms with Crippen LogP contribution >= 0.6 is 0 Å². The Hall–Kier alpha value is -2.42. The fourth-order valence-electron chi connectivity index (χ4n) is 2.44. The second-order valence-electron chi connectivity index (χ2n) is 5.31. The van der Waals surface area contributed by atoms with Crippen molar-refractivity contribution in [2.75, 3.05) is 11.9 Å². The van der Waals surface area contributed by atoms with Gasteiger partial charge in [0.15, 0.2) is 0 Å². The van der Waals surface area contributed by atoms with Crippen LogP contribution in [0.15, 0.2) is 48.7 Å². The van der Waals surface area contributed by atoms with E-state index in [-0.39, 0.29) is 0 Å². The molecule has 0 fully saturated rings. The van der Waals surface area contributed by atoms with Crippen LogP contribution in [0.5, 0.6) is 0 Å². The third-order valence-electron chi connectivity index (χ3n) is 3.55. The van der Waals surface area contributed by atoms with Crippen LogP contribution in [-0.4, -0.2) is 16.5 Å². The van der Waals surface area contributed by atoms with Crippen molar-refractivity contribution in [3.63, 3.8) is 0 Å². The van der Waals surface area contributed by atoms with E-state index in [1.807, 2.05) is 26.1 Å². The van der Waals surface area contributed by atoms with E-state index in [0.29, 0.717) is 0 Å². The molecule has 2 heterocycles. The Bertz CT molecular complexity index is 748. The molecule has 0 aliphatic heterocycles. The number of hydrogen-bond acceptors (Lipinski definition) is 3. The molecule has 0 amide bonds. The van der Waals surface area contributed by atoms with Gasteiger partial charge in [-0.15, -0.1) is 0 Å². The van der Waals surface area contributed by atoms with E-state index in [4.69, 9.17) is 0 Å². The van der Waals surface area contributed by atoms with Gasteiger partial charge in [-0.1, -0.05) is 24.3 Å². The fourth-order valence-corrected chi connectivity index (χ4v) is 2.44. The van der Waals surface area contributed by atoms with Crippen molar-refractivity contribution in [1.29, 1.82) is 0 Å². The van der Waals surface area contributed by atoms with Crippen molar-refractivity contribution in [3.05, 3.63) is 65.6 Å². The highest BCUT2D eigenvalue weighted by molar-refractivity contribution is 5.91. The quantitative estimate of drug-likeness (QED) is 0.786. The number of benzene rings is 1. The topological polar surface area (TPSA) is 37.8 Å². The van der Waals surface area contributed by atoms with Crippen molar-refractivity contribution in [2.24, 2.45) is 0 Å². The molecule has 0 saturated heterocycles. The van der Waals surface area contributed by atoms with Gasteiger partial charge in [-0.05, 0) is 44.0 Å². The van der Waals surface area contributed by atoms with Crippen LogP contribution in [0.4, 0.5) is 5.69 Å². The summed E-state index contributed by atoms with van der Waals surface area (Å²) in [5.74, 6) is 0. The van der Waals surface area contributed by atoms with Crippen LogP contribution in [0.3, 0.4) is 0 Å². The van der Waals surface area contributed by atoms with Crippen molar-refractivity contribution in [3.8, 4) is 0 Å². The summed E-state index contributed by atoms with van der Waals surface area (Å²) in [4.78, 5) is 8.89. The third-order valence-corrected chi connectivity index (χ3v) is 3.55. The first-order chi connectivity index (χ1) is 10.2. The lowest BCUT2D eigenvalue weighted by atomic mass is 10.1. The molecule has 0 aliphatic carbocycles. The number of para-hydroxylation sites is 1. The van der Waals surface area contributed by atoms with Gasteiger partial charge in [0.25, 0.3) is 0 Å². The second-order valence-corrected chi connectivity index (χ2v) is 5.31. The first kappa shape index (κ1) is 13.6. The minimum Gasteiger partial charge on any atom is -0.384 e. The maximum absolute atomic E-state index is 4.56. The minimum atomic E-state index is 0.887. The van der Waals surface area contributed by atoms with Gasteiger partial charge in [-0.2, -0.15) is 0 Å². The molecule has 2 aromatic heterocycles. The van der Waals surface area contributed by atoms with Gasteiger partial charge < -0.3 is 5.32 Å². The summed E-state index contributed by atoms with van der Waals surface area (Å²) < 4.78 is 0. The van der Waals surface area contributed by atoms with Gasteiger partial charge in [0, 0.05) is 35.2 Å². The molecule has 0 bridgehead atoms. The standard InChI is InChI=1S/C18H19N3/c1-13-7-8-15(12-20-13)9-10-19-18-11-14(2)21-17-6-4-3-5-16(17)18/h3-8,11-12H,9-10H2,1-2H3,(H,19,21). The summed E-state index contributed by atoms with van der Waals surface area (Å²) in [6.45, 7) is 4.92. The van der Waals surface area contributed by atoms with E-state index in [0.717, 1.165) is 35.6 Å². The van der Waals surface area contributed by atoms with Gasteiger partial charge in [-0.3, -0.25) is 9.97 Å². The average Bonchev–Trinajstić information content (AvgIpc) is 2.49. The monoisotopic (exact) mass is 277 g/mol. The molecule has 0 spiro atoms. The zero-order valence-electron chi connectivity index (χ0n) is 12.4. The lowest BCUT2D eigenvalue weighted by Crippen LogP contribution is -2.06. The number of aromatic nitrogens is 2. The molecule has 0 atom stereocenters. The zero-order chi connectivity index (χ0) is 14.7. The molecule has 1 aromatic carbocycles. The molecule has 3 heteroatoms. The van der Waals surface area contributed by atoms with Crippen LogP contribution in [0.1, 0.15) is 17.0 Å². The fraction of sp³-hybridized carbons (Fsp3) is 0.222. The number of anilines is 1. The second kappa shape index (κ2) is 5.92. The van der Waals surface area contributed by atoms with Gasteiger partial charge in [0.1, 0.15) is 0 Å². The summed E-state index contributed by atoms with van der Waals surface area (Å²) in [6, 6.07) is 14.5. The lowest BCUT2D eigenvalue weighted by molar-refractivity contribution is 0.997. The molecule has 1 N–H and O–H groups in total. The van der Waals surface area contributed by atoms with Crippen LogP contribution in [0.2, 0.25) is 0 Å². The van der Waals surface area contributed by atoms with Gasteiger partial charge in [0.05, 0.1) is 5.52 Å². The molecule has 0 aliphatic rings.